The summed E-state index contributed by atoms with van der Waals surface area (Å²) in [5.41, 5.74) is 5.28. The van der Waals surface area contributed by atoms with Crippen LogP contribution in [0, 0.1) is 0 Å². The molecule has 0 heterocycles. The first-order chi connectivity index (χ1) is 6.18. The van der Waals surface area contributed by atoms with Crippen LogP contribution in [0.1, 0.15) is 32.6 Å². The molecule has 0 aliphatic carbocycles. The van der Waals surface area contributed by atoms with Gasteiger partial charge in [-0.25, -0.2) is 0 Å². The third-order valence-electron chi connectivity index (χ3n) is 1.78. The number of carboxylic acid groups (broad SMARTS) is 1. The number of ether oxygens (including phenoxy) is 1. The lowest BCUT2D eigenvalue weighted by Crippen LogP contribution is -2.31. The van der Waals surface area contributed by atoms with Crippen LogP contribution in [0.15, 0.2) is 0 Å². The fourth-order valence-electron chi connectivity index (χ4n) is 0.890. The Hall–Kier alpha value is -0.610. The predicted octanol–water partition coefficient (Wildman–Crippen LogP) is 0.995. The molecule has 0 aromatic heterocycles. The van der Waals surface area contributed by atoms with Crippen molar-refractivity contribution in [3.05, 3.63) is 0 Å². The van der Waals surface area contributed by atoms with Crippen LogP contribution in [0.3, 0.4) is 0 Å². The molecule has 0 saturated carbocycles. The highest BCUT2D eigenvalue weighted by atomic mass is 16.5. The third-order valence-corrected chi connectivity index (χ3v) is 1.78. The Balaban J connectivity index is 3.11. The Labute approximate surface area is 79.1 Å². The van der Waals surface area contributed by atoms with Gasteiger partial charge in [0.2, 0.25) is 0 Å². The topological polar surface area (TPSA) is 72.5 Å². The minimum atomic E-state index is -0.961. The molecule has 4 heteroatoms. The summed E-state index contributed by atoms with van der Waals surface area (Å²) >= 11 is 0. The molecule has 13 heavy (non-hydrogen) atoms. The van der Waals surface area contributed by atoms with Crippen molar-refractivity contribution < 1.29 is 14.6 Å². The first-order valence-corrected chi connectivity index (χ1v) is 4.74. The standard InChI is InChI=1S/C9H19NO3/c1-2-3-4-6-13-7-5-8(10)9(11)12/h8H,2-7,10H2,1H3,(H,11,12). The van der Waals surface area contributed by atoms with Gasteiger partial charge in [0.05, 0.1) is 0 Å². The largest absolute Gasteiger partial charge is 0.480 e. The van der Waals surface area contributed by atoms with Crippen LogP contribution in [0.4, 0.5) is 0 Å². The first-order valence-electron chi connectivity index (χ1n) is 4.74. The molecule has 0 aliphatic heterocycles. The molecule has 0 bridgehead atoms. The molecular formula is C9H19NO3. The number of hydrogen-bond donors (Lipinski definition) is 2. The Kier molecular flexibility index (Phi) is 7.63. The van der Waals surface area contributed by atoms with Crippen molar-refractivity contribution in [1.29, 1.82) is 0 Å². The van der Waals surface area contributed by atoms with Gasteiger partial charge in [0.1, 0.15) is 6.04 Å². The van der Waals surface area contributed by atoms with Crippen molar-refractivity contribution in [2.45, 2.75) is 38.6 Å². The second-order valence-corrected chi connectivity index (χ2v) is 3.05. The molecule has 4 nitrogen and oxygen atoms in total. The summed E-state index contributed by atoms with van der Waals surface area (Å²) in [7, 11) is 0. The molecule has 0 amide bonds. The van der Waals surface area contributed by atoms with Gasteiger partial charge in [0.25, 0.3) is 0 Å². The van der Waals surface area contributed by atoms with Crippen LogP contribution >= 0.6 is 0 Å². The second-order valence-electron chi connectivity index (χ2n) is 3.05. The lowest BCUT2D eigenvalue weighted by Gasteiger charge is -2.06. The van der Waals surface area contributed by atoms with Crippen molar-refractivity contribution in [3.63, 3.8) is 0 Å². The zero-order valence-electron chi connectivity index (χ0n) is 8.16. The highest BCUT2D eigenvalue weighted by Crippen LogP contribution is 1.95. The van der Waals surface area contributed by atoms with E-state index in [1.165, 1.54) is 0 Å². The summed E-state index contributed by atoms with van der Waals surface area (Å²) in [6, 6.07) is -0.786. The number of carbonyl (C=O) groups is 1. The Morgan fingerprint density at radius 3 is 2.69 bits per heavy atom. The average Bonchev–Trinajstić information content (AvgIpc) is 2.10. The molecule has 78 valence electrons. The van der Waals surface area contributed by atoms with Crippen molar-refractivity contribution in [3.8, 4) is 0 Å². The van der Waals surface area contributed by atoms with E-state index in [9.17, 15) is 4.79 Å². The Morgan fingerprint density at radius 2 is 2.15 bits per heavy atom. The van der Waals surface area contributed by atoms with Gasteiger partial charge in [-0.3, -0.25) is 4.79 Å². The van der Waals surface area contributed by atoms with Crippen molar-refractivity contribution in [1.82, 2.24) is 0 Å². The van der Waals surface area contributed by atoms with E-state index in [0.717, 1.165) is 19.3 Å². The number of unbranched alkanes of at least 4 members (excludes halogenated alkanes) is 2. The minimum Gasteiger partial charge on any atom is -0.480 e. The van der Waals surface area contributed by atoms with Gasteiger partial charge in [0, 0.05) is 13.2 Å². The number of hydrogen-bond acceptors (Lipinski definition) is 3. The number of nitrogens with two attached hydrogens (primary N) is 1. The number of carboxylic acids is 1. The molecule has 0 spiro atoms. The minimum absolute atomic E-state index is 0.390. The highest BCUT2D eigenvalue weighted by Gasteiger charge is 2.09. The lowest BCUT2D eigenvalue weighted by atomic mass is 10.2. The Morgan fingerprint density at radius 1 is 1.46 bits per heavy atom. The molecule has 0 rings (SSSR count). The van der Waals surface area contributed by atoms with E-state index in [2.05, 4.69) is 6.92 Å². The molecule has 1 unspecified atom stereocenters. The van der Waals surface area contributed by atoms with E-state index < -0.39 is 12.0 Å². The van der Waals surface area contributed by atoms with Gasteiger partial charge in [-0.15, -0.1) is 0 Å². The van der Waals surface area contributed by atoms with Crippen LogP contribution in [-0.2, 0) is 9.53 Å². The van der Waals surface area contributed by atoms with Gasteiger partial charge in [0.15, 0.2) is 0 Å². The molecule has 0 aromatic rings. The fourth-order valence-corrected chi connectivity index (χ4v) is 0.890. The van der Waals surface area contributed by atoms with E-state index in [1.807, 2.05) is 0 Å². The maximum Gasteiger partial charge on any atom is 0.320 e. The third kappa shape index (κ3) is 7.74. The molecule has 0 fully saturated rings. The van der Waals surface area contributed by atoms with Gasteiger partial charge < -0.3 is 15.6 Å². The van der Waals surface area contributed by atoms with E-state index >= 15 is 0 Å². The SMILES string of the molecule is CCCCCOCCC(N)C(=O)O. The van der Waals surface area contributed by atoms with Gasteiger partial charge in [-0.05, 0) is 12.8 Å². The summed E-state index contributed by atoms with van der Waals surface area (Å²) < 4.78 is 5.21. The van der Waals surface area contributed by atoms with E-state index in [4.69, 9.17) is 15.6 Å². The second kappa shape index (κ2) is 8.01. The van der Waals surface area contributed by atoms with Crippen molar-refractivity contribution in [2.24, 2.45) is 5.73 Å². The number of rotatable bonds is 8. The van der Waals surface area contributed by atoms with Crippen LogP contribution in [0.2, 0.25) is 0 Å². The predicted molar refractivity (Wildman–Crippen MR) is 50.6 cm³/mol. The monoisotopic (exact) mass is 189 g/mol. The zero-order chi connectivity index (χ0) is 10.1. The molecule has 0 radical (unpaired) electrons. The first kappa shape index (κ1) is 12.4. The maximum absolute atomic E-state index is 10.3. The molecular weight excluding hydrogens is 170 g/mol. The maximum atomic E-state index is 10.3. The van der Waals surface area contributed by atoms with Crippen LogP contribution in [-0.4, -0.2) is 30.3 Å². The smallest absolute Gasteiger partial charge is 0.320 e. The summed E-state index contributed by atoms with van der Waals surface area (Å²) in [5.74, 6) is -0.961. The Bertz CT molecular complexity index is 139. The number of aliphatic carboxylic acids is 1. The lowest BCUT2D eigenvalue weighted by molar-refractivity contribution is -0.139. The van der Waals surface area contributed by atoms with Crippen LogP contribution < -0.4 is 5.73 Å². The summed E-state index contributed by atoms with van der Waals surface area (Å²) in [5, 5.41) is 8.44. The quantitative estimate of drug-likeness (QED) is 0.559. The summed E-state index contributed by atoms with van der Waals surface area (Å²) in [6.45, 7) is 3.28. The summed E-state index contributed by atoms with van der Waals surface area (Å²) in [6.07, 6.45) is 3.75. The van der Waals surface area contributed by atoms with Gasteiger partial charge in [-0.2, -0.15) is 0 Å². The van der Waals surface area contributed by atoms with Crippen LogP contribution in [0.25, 0.3) is 0 Å². The molecule has 1 atom stereocenters. The zero-order valence-corrected chi connectivity index (χ0v) is 8.16. The van der Waals surface area contributed by atoms with E-state index in [1.54, 1.807) is 0 Å². The normalized spacial score (nSPS) is 12.8. The fraction of sp³-hybridized carbons (Fsp3) is 0.889. The van der Waals surface area contributed by atoms with Gasteiger partial charge in [-0.1, -0.05) is 19.8 Å². The van der Waals surface area contributed by atoms with E-state index in [0.29, 0.717) is 19.6 Å². The molecule has 0 aromatic carbocycles. The highest BCUT2D eigenvalue weighted by molar-refractivity contribution is 5.72. The molecule has 0 saturated heterocycles. The molecule has 3 N–H and O–H groups in total. The van der Waals surface area contributed by atoms with E-state index in [-0.39, 0.29) is 0 Å². The van der Waals surface area contributed by atoms with Gasteiger partial charge >= 0.3 is 5.97 Å². The van der Waals surface area contributed by atoms with Crippen LogP contribution in [0.5, 0.6) is 0 Å². The summed E-state index contributed by atoms with van der Waals surface area (Å²) in [4.78, 5) is 10.3. The average molecular weight is 189 g/mol. The van der Waals surface area contributed by atoms with Crippen molar-refractivity contribution >= 4 is 5.97 Å². The molecule has 0 aliphatic rings. The van der Waals surface area contributed by atoms with Crippen molar-refractivity contribution in [2.75, 3.05) is 13.2 Å².